The number of β-lactam (4-membered cyclic amide) rings is 1. The van der Waals surface area contributed by atoms with Crippen LogP contribution in [0.25, 0.3) is 0 Å². The van der Waals surface area contributed by atoms with Gasteiger partial charge >= 0.3 is 12.1 Å². The molecule has 0 bridgehead atoms. The molecule has 2 saturated heterocycles. The van der Waals surface area contributed by atoms with E-state index in [4.69, 9.17) is 9.47 Å². The summed E-state index contributed by atoms with van der Waals surface area (Å²) in [6.45, 7) is 13.1. The number of aliphatic imine (C=N–C) groups is 1. The van der Waals surface area contributed by atoms with Crippen LogP contribution in [0.2, 0.25) is 0 Å². The standard InChI is InChI=1S/C24H36N4O6S2/c1-12(2)27(13(3)4)24(32)34-11-33-22(31)19-20(14(5)18-17(15(6)29)21(30)28(18)19)36-16-9-26(10-16)23-25-7-8-35-23/h12-18,29H,7-11H2,1-6H3/t14-,15-,17-,18-/m1/s1. The Hall–Kier alpha value is -1.92. The molecule has 4 rings (SSSR count). The maximum atomic E-state index is 13.2. The summed E-state index contributed by atoms with van der Waals surface area (Å²) < 4.78 is 10.6. The smallest absolute Gasteiger partial charge is 0.413 e. The van der Waals surface area contributed by atoms with Gasteiger partial charge < -0.3 is 29.3 Å². The van der Waals surface area contributed by atoms with Crippen LogP contribution in [-0.4, -0.2) is 105 Å². The van der Waals surface area contributed by atoms with E-state index in [-0.39, 0.29) is 40.9 Å². The number of hydrogen-bond acceptors (Lipinski definition) is 10. The first-order chi connectivity index (χ1) is 17.0. The molecule has 0 aromatic carbocycles. The lowest BCUT2D eigenvalue weighted by Gasteiger charge is -2.46. The lowest BCUT2D eigenvalue weighted by molar-refractivity contribution is -0.166. The molecule has 36 heavy (non-hydrogen) atoms. The van der Waals surface area contributed by atoms with Crippen molar-refractivity contribution < 1.29 is 29.0 Å². The molecule has 0 radical (unpaired) electrons. The van der Waals surface area contributed by atoms with Gasteiger partial charge in [0.25, 0.3) is 0 Å². The molecule has 10 nitrogen and oxygen atoms in total. The van der Waals surface area contributed by atoms with Crippen LogP contribution in [-0.2, 0) is 19.1 Å². The normalized spacial score (nSPS) is 26.6. The van der Waals surface area contributed by atoms with Gasteiger partial charge in [-0.2, -0.15) is 0 Å². The number of aliphatic hydroxyl groups excluding tert-OH is 1. The van der Waals surface area contributed by atoms with E-state index in [0.717, 1.165) is 35.5 Å². The summed E-state index contributed by atoms with van der Waals surface area (Å²) in [5.41, 5.74) is 0.214. The summed E-state index contributed by atoms with van der Waals surface area (Å²) in [4.78, 5) is 49.2. The van der Waals surface area contributed by atoms with Crippen LogP contribution in [0, 0.1) is 11.8 Å². The van der Waals surface area contributed by atoms with Crippen LogP contribution in [0.4, 0.5) is 4.79 Å². The van der Waals surface area contributed by atoms with Crippen molar-refractivity contribution in [2.75, 3.05) is 32.2 Å². The lowest BCUT2D eigenvalue weighted by Crippen LogP contribution is -2.63. The maximum absolute atomic E-state index is 13.2. The molecule has 0 aromatic rings. The van der Waals surface area contributed by atoms with Crippen molar-refractivity contribution in [2.24, 2.45) is 16.8 Å². The number of thioether (sulfide) groups is 2. The molecule has 4 aliphatic rings. The topological polar surface area (TPSA) is 112 Å². The zero-order valence-electron chi connectivity index (χ0n) is 21.7. The van der Waals surface area contributed by atoms with E-state index in [1.807, 2.05) is 34.6 Å². The predicted molar refractivity (Wildman–Crippen MR) is 139 cm³/mol. The van der Waals surface area contributed by atoms with Crippen molar-refractivity contribution in [3.05, 3.63) is 10.6 Å². The van der Waals surface area contributed by atoms with Gasteiger partial charge in [0.15, 0.2) is 5.17 Å². The monoisotopic (exact) mass is 540 g/mol. The second-order valence-electron chi connectivity index (χ2n) is 10.2. The molecule has 0 spiro atoms. The molecular formula is C24H36N4O6S2. The molecule has 1 N–H and O–H groups in total. The summed E-state index contributed by atoms with van der Waals surface area (Å²) in [5.74, 6) is -0.616. The Morgan fingerprint density at radius 2 is 1.86 bits per heavy atom. The Morgan fingerprint density at radius 3 is 2.42 bits per heavy atom. The molecule has 0 unspecified atom stereocenters. The highest BCUT2D eigenvalue weighted by molar-refractivity contribution is 8.14. The molecule has 0 aromatic heterocycles. The Bertz CT molecular complexity index is 954. The number of nitrogens with zero attached hydrogens (tertiary/aromatic N) is 4. The highest BCUT2D eigenvalue weighted by Gasteiger charge is 2.60. The van der Waals surface area contributed by atoms with Crippen LogP contribution in [0.3, 0.4) is 0 Å². The number of rotatable bonds is 8. The second-order valence-corrected chi connectivity index (χ2v) is 12.6. The van der Waals surface area contributed by atoms with Gasteiger partial charge in [0, 0.05) is 47.0 Å². The molecule has 4 atom stereocenters. The number of esters is 1. The molecule has 0 aliphatic carbocycles. The lowest BCUT2D eigenvalue weighted by atomic mass is 9.79. The minimum absolute atomic E-state index is 0.0675. The van der Waals surface area contributed by atoms with Crippen LogP contribution in [0.1, 0.15) is 41.5 Å². The van der Waals surface area contributed by atoms with Crippen molar-refractivity contribution in [1.29, 1.82) is 0 Å². The Kier molecular flexibility index (Phi) is 8.16. The van der Waals surface area contributed by atoms with Crippen LogP contribution < -0.4 is 0 Å². The minimum Gasteiger partial charge on any atom is -0.423 e. The van der Waals surface area contributed by atoms with E-state index in [2.05, 4.69) is 9.89 Å². The molecule has 0 saturated carbocycles. The molecule has 2 amide bonds. The quantitative estimate of drug-likeness (QED) is 0.282. The van der Waals surface area contributed by atoms with E-state index >= 15 is 0 Å². The molecular weight excluding hydrogens is 504 g/mol. The summed E-state index contributed by atoms with van der Waals surface area (Å²) >= 11 is 3.36. The van der Waals surface area contributed by atoms with E-state index in [1.54, 1.807) is 35.3 Å². The number of hydrogen-bond donors (Lipinski definition) is 1. The first kappa shape index (κ1) is 27.1. The summed E-state index contributed by atoms with van der Waals surface area (Å²) in [7, 11) is 0. The summed E-state index contributed by atoms with van der Waals surface area (Å²) in [6.07, 6.45) is -1.37. The van der Waals surface area contributed by atoms with Crippen molar-refractivity contribution in [3.8, 4) is 0 Å². The third-order valence-electron chi connectivity index (χ3n) is 6.98. The van der Waals surface area contributed by atoms with Gasteiger partial charge in [0.1, 0.15) is 5.70 Å². The van der Waals surface area contributed by atoms with Crippen LogP contribution >= 0.6 is 23.5 Å². The summed E-state index contributed by atoms with van der Waals surface area (Å²) in [5, 5.41) is 11.5. The SMILES string of the molecule is CC(C)N(C(=O)OCOC(=O)C1=C(SC2CN(C3=NCCS3)C2)[C@H](C)[C@@H]2[C@@H]([C@@H](C)O)C(=O)N12)C(C)C. The Labute approximate surface area is 220 Å². The van der Waals surface area contributed by atoms with Crippen LogP contribution in [0.15, 0.2) is 15.6 Å². The Morgan fingerprint density at radius 1 is 1.19 bits per heavy atom. The van der Waals surface area contributed by atoms with Crippen molar-refractivity contribution in [3.63, 3.8) is 0 Å². The van der Waals surface area contributed by atoms with Gasteiger partial charge in [-0.25, -0.2) is 9.59 Å². The number of carbonyl (C=O) groups is 3. The van der Waals surface area contributed by atoms with Crippen molar-refractivity contribution >= 4 is 46.7 Å². The molecule has 200 valence electrons. The van der Waals surface area contributed by atoms with Gasteiger partial charge in [-0.15, -0.1) is 11.8 Å². The highest BCUT2D eigenvalue weighted by Crippen LogP contribution is 2.52. The van der Waals surface area contributed by atoms with Gasteiger partial charge in [-0.05, 0) is 34.6 Å². The Balaban J connectivity index is 1.44. The molecule has 12 heteroatoms. The number of likely N-dealkylation sites (tertiary alicyclic amines) is 1. The van der Waals surface area contributed by atoms with Gasteiger partial charge in [-0.3, -0.25) is 9.79 Å². The second kappa shape index (κ2) is 10.8. The predicted octanol–water partition coefficient (Wildman–Crippen LogP) is 2.33. The van der Waals surface area contributed by atoms with Crippen LogP contribution in [0.5, 0.6) is 0 Å². The minimum atomic E-state index is -0.807. The molecule has 4 heterocycles. The van der Waals surface area contributed by atoms with E-state index in [0.29, 0.717) is 0 Å². The van der Waals surface area contributed by atoms with E-state index in [1.165, 1.54) is 4.90 Å². The number of aliphatic hydroxyl groups is 1. The van der Waals surface area contributed by atoms with Crippen molar-refractivity contribution in [2.45, 2.75) is 71.0 Å². The zero-order chi connectivity index (χ0) is 26.3. The number of amidine groups is 1. The third kappa shape index (κ3) is 4.96. The fourth-order valence-corrected chi connectivity index (χ4v) is 7.72. The average molecular weight is 541 g/mol. The zero-order valence-corrected chi connectivity index (χ0v) is 23.3. The fraction of sp³-hybridized carbons (Fsp3) is 0.750. The van der Waals surface area contributed by atoms with Gasteiger partial charge in [0.05, 0.1) is 24.6 Å². The first-order valence-corrected chi connectivity index (χ1v) is 14.4. The molecule has 4 aliphatic heterocycles. The van der Waals surface area contributed by atoms with Gasteiger partial charge in [-0.1, -0.05) is 18.7 Å². The number of ether oxygens (including phenoxy) is 2. The molecule has 2 fully saturated rings. The number of amides is 2. The highest BCUT2D eigenvalue weighted by atomic mass is 32.2. The average Bonchev–Trinajstić information content (AvgIpc) is 3.35. The number of carbonyl (C=O) groups excluding carboxylic acids is 3. The van der Waals surface area contributed by atoms with Crippen molar-refractivity contribution in [1.82, 2.24) is 14.7 Å². The third-order valence-corrected chi connectivity index (χ3v) is 9.46. The fourth-order valence-electron chi connectivity index (χ4n) is 5.33. The maximum Gasteiger partial charge on any atom is 0.413 e. The van der Waals surface area contributed by atoms with Gasteiger partial charge in [0.2, 0.25) is 12.7 Å². The van der Waals surface area contributed by atoms with E-state index in [9.17, 15) is 19.5 Å². The number of fused-ring (bicyclic) bond motifs is 1. The van der Waals surface area contributed by atoms with E-state index < -0.39 is 30.9 Å². The first-order valence-electron chi connectivity index (χ1n) is 12.5. The largest absolute Gasteiger partial charge is 0.423 e. The summed E-state index contributed by atoms with van der Waals surface area (Å²) in [6, 6.07) is -0.419.